The van der Waals surface area contributed by atoms with Crippen molar-refractivity contribution in [3.05, 3.63) is 66.2 Å². The topological polar surface area (TPSA) is 79.0 Å². The van der Waals surface area contributed by atoms with Gasteiger partial charge in [0.2, 0.25) is 5.91 Å². The minimum atomic E-state index is -0.840. The van der Waals surface area contributed by atoms with Crippen molar-refractivity contribution in [3.8, 4) is 5.75 Å². The molecule has 33 heavy (non-hydrogen) atoms. The minimum Gasteiger partial charge on any atom is -0.497 e. The normalized spacial score (nSPS) is 18.3. The van der Waals surface area contributed by atoms with Gasteiger partial charge in [-0.1, -0.05) is 29.8 Å². The van der Waals surface area contributed by atoms with Crippen LogP contribution in [0.15, 0.2) is 66.2 Å². The molecule has 1 N–H and O–H groups in total. The van der Waals surface area contributed by atoms with Gasteiger partial charge < -0.3 is 15.0 Å². The second-order valence-corrected chi connectivity index (χ2v) is 8.34. The summed E-state index contributed by atoms with van der Waals surface area (Å²) in [7, 11) is 1.56. The molecule has 1 aliphatic carbocycles. The van der Waals surface area contributed by atoms with Crippen LogP contribution in [0.2, 0.25) is 0 Å². The number of nitrogens with zero attached hydrogens (tertiary/aromatic N) is 2. The van der Waals surface area contributed by atoms with Crippen LogP contribution in [-0.4, -0.2) is 42.4 Å². The lowest BCUT2D eigenvalue weighted by molar-refractivity contribution is -0.124. The third-order valence-corrected chi connectivity index (χ3v) is 6.14. The molecule has 1 unspecified atom stereocenters. The van der Waals surface area contributed by atoms with E-state index in [4.69, 9.17) is 4.74 Å². The summed E-state index contributed by atoms with van der Waals surface area (Å²) in [6.45, 7) is 0.409. The number of ether oxygens (including phenoxy) is 1. The van der Waals surface area contributed by atoms with Crippen LogP contribution in [-0.2, 0) is 9.59 Å². The van der Waals surface area contributed by atoms with Crippen molar-refractivity contribution in [2.75, 3.05) is 23.9 Å². The van der Waals surface area contributed by atoms with E-state index in [1.54, 1.807) is 48.4 Å². The molecule has 1 aliphatic heterocycles. The molecule has 1 atom stereocenters. The smallest absolute Gasteiger partial charge is 0.332 e. The molecule has 2 aromatic rings. The second kappa shape index (κ2) is 10.3. The van der Waals surface area contributed by atoms with Crippen molar-refractivity contribution >= 4 is 29.2 Å². The molecule has 172 valence electrons. The van der Waals surface area contributed by atoms with Crippen LogP contribution >= 0.6 is 0 Å². The fourth-order valence-electron chi connectivity index (χ4n) is 4.36. The number of para-hydroxylation sites is 1. The lowest BCUT2D eigenvalue weighted by Crippen LogP contribution is -2.38. The number of hydrogen-bond donors (Lipinski definition) is 1. The van der Waals surface area contributed by atoms with Gasteiger partial charge in [-0.2, -0.15) is 0 Å². The van der Waals surface area contributed by atoms with E-state index in [9.17, 15) is 14.4 Å². The molecule has 1 heterocycles. The number of anilines is 2. The van der Waals surface area contributed by atoms with E-state index in [0.717, 1.165) is 19.3 Å². The highest BCUT2D eigenvalue weighted by molar-refractivity contribution is 6.22. The first-order valence-corrected chi connectivity index (χ1v) is 11.4. The van der Waals surface area contributed by atoms with Crippen molar-refractivity contribution in [2.45, 2.75) is 44.6 Å². The summed E-state index contributed by atoms with van der Waals surface area (Å²) < 4.78 is 5.18. The number of methoxy groups -OCH3 is 1. The Balaban J connectivity index is 1.54. The molecule has 7 heteroatoms. The molecule has 2 aliphatic rings. The fraction of sp³-hybridized carbons (Fsp3) is 0.346. The Hall–Kier alpha value is -3.61. The zero-order chi connectivity index (χ0) is 23.2. The third kappa shape index (κ3) is 5.25. The Morgan fingerprint density at radius 2 is 1.82 bits per heavy atom. The van der Waals surface area contributed by atoms with Crippen molar-refractivity contribution in [1.82, 2.24) is 4.90 Å². The number of allylic oxidation sites excluding steroid dienone is 1. The van der Waals surface area contributed by atoms with Crippen LogP contribution < -0.4 is 15.0 Å². The summed E-state index contributed by atoms with van der Waals surface area (Å²) in [5, 5.41) is 2.82. The SMILES string of the molecule is COc1ccc(N2C(=O)C(CC(=O)Nc3ccccc3)N(CCC3=CCCCC3)C2=O)cc1. The Bertz CT molecular complexity index is 1030. The first-order valence-electron chi connectivity index (χ1n) is 11.4. The molecule has 0 bridgehead atoms. The Kier molecular flexibility index (Phi) is 7.07. The second-order valence-electron chi connectivity index (χ2n) is 8.34. The maximum absolute atomic E-state index is 13.4. The lowest BCUT2D eigenvalue weighted by Gasteiger charge is -2.23. The van der Waals surface area contributed by atoms with E-state index in [1.807, 2.05) is 18.2 Å². The number of urea groups is 1. The van der Waals surface area contributed by atoms with Crippen LogP contribution in [0.5, 0.6) is 5.75 Å². The molecule has 0 spiro atoms. The van der Waals surface area contributed by atoms with E-state index < -0.39 is 6.04 Å². The minimum absolute atomic E-state index is 0.0921. The Morgan fingerprint density at radius 3 is 2.48 bits per heavy atom. The molecular formula is C26H29N3O4. The zero-order valence-corrected chi connectivity index (χ0v) is 18.8. The van der Waals surface area contributed by atoms with Crippen LogP contribution in [0.3, 0.4) is 0 Å². The molecule has 1 fully saturated rings. The van der Waals surface area contributed by atoms with Crippen molar-refractivity contribution in [1.29, 1.82) is 0 Å². The maximum atomic E-state index is 13.4. The highest BCUT2D eigenvalue weighted by Crippen LogP contribution is 2.30. The van der Waals surface area contributed by atoms with Crippen LogP contribution in [0.4, 0.5) is 16.2 Å². The van der Waals surface area contributed by atoms with Gasteiger partial charge in [-0.15, -0.1) is 0 Å². The molecule has 0 saturated carbocycles. The number of nitrogens with one attached hydrogen (secondary N) is 1. The quantitative estimate of drug-likeness (QED) is 0.468. The molecule has 7 nitrogen and oxygen atoms in total. The van der Waals surface area contributed by atoms with Crippen LogP contribution in [0.25, 0.3) is 0 Å². The average Bonchev–Trinajstić information content (AvgIpc) is 3.07. The zero-order valence-electron chi connectivity index (χ0n) is 18.8. The standard InChI is InChI=1S/C26H29N3O4/c1-33-22-14-12-21(13-15-22)29-25(31)23(18-24(30)27-20-10-6-3-7-11-20)28(26(29)32)17-16-19-8-4-2-5-9-19/h3,6-8,10-15,23H,2,4-5,9,16-18H2,1H3,(H,27,30). The van der Waals surface area contributed by atoms with E-state index in [-0.39, 0.29) is 24.3 Å². The van der Waals surface area contributed by atoms with Gasteiger partial charge in [-0.3, -0.25) is 9.59 Å². The number of carbonyl (C=O) groups excluding carboxylic acids is 3. The summed E-state index contributed by atoms with van der Waals surface area (Å²) in [6, 6.07) is 14.7. The molecule has 0 radical (unpaired) electrons. The van der Waals surface area contributed by atoms with Gasteiger partial charge in [0.1, 0.15) is 11.8 Å². The average molecular weight is 448 g/mol. The first-order chi connectivity index (χ1) is 16.1. The molecule has 0 aromatic heterocycles. The fourth-order valence-corrected chi connectivity index (χ4v) is 4.36. The van der Waals surface area contributed by atoms with Gasteiger partial charge in [0.05, 0.1) is 19.2 Å². The van der Waals surface area contributed by atoms with E-state index in [2.05, 4.69) is 11.4 Å². The third-order valence-electron chi connectivity index (χ3n) is 6.14. The van der Waals surface area contributed by atoms with Crippen molar-refractivity contribution in [3.63, 3.8) is 0 Å². The maximum Gasteiger partial charge on any atom is 0.332 e. The number of rotatable bonds is 8. The van der Waals surface area contributed by atoms with Gasteiger partial charge in [0, 0.05) is 12.2 Å². The summed E-state index contributed by atoms with van der Waals surface area (Å²) in [5.74, 6) is -0.0467. The summed E-state index contributed by atoms with van der Waals surface area (Å²) in [4.78, 5) is 42.2. The number of benzene rings is 2. The molecule has 1 saturated heterocycles. The predicted octanol–water partition coefficient (Wildman–Crippen LogP) is 4.75. The van der Waals surface area contributed by atoms with Gasteiger partial charge >= 0.3 is 6.03 Å². The van der Waals surface area contributed by atoms with Gasteiger partial charge in [-0.05, 0) is 68.5 Å². The largest absolute Gasteiger partial charge is 0.497 e. The lowest BCUT2D eigenvalue weighted by atomic mass is 9.97. The number of imide groups is 1. The highest BCUT2D eigenvalue weighted by atomic mass is 16.5. The molecule has 4 rings (SSSR count). The Morgan fingerprint density at radius 1 is 1.06 bits per heavy atom. The first kappa shape index (κ1) is 22.6. The van der Waals surface area contributed by atoms with Crippen LogP contribution in [0.1, 0.15) is 38.5 Å². The van der Waals surface area contributed by atoms with E-state index in [0.29, 0.717) is 30.1 Å². The Labute approximate surface area is 194 Å². The van der Waals surface area contributed by atoms with Crippen molar-refractivity contribution < 1.29 is 19.1 Å². The number of carbonyl (C=O) groups is 3. The summed E-state index contributed by atoms with van der Waals surface area (Å²) >= 11 is 0. The van der Waals surface area contributed by atoms with Crippen molar-refractivity contribution in [2.24, 2.45) is 0 Å². The van der Waals surface area contributed by atoms with E-state index >= 15 is 0 Å². The molecule has 4 amide bonds. The van der Waals surface area contributed by atoms with Gasteiger partial charge in [-0.25, -0.2) is 9.69 Å². The monoisotopic (exact) mass is 447 g/mol. The summed E-state index contributed by atoms with van der Waals surface area (Å²) in [6.07, 6.45) is 7.29. The summed E-state index contributed by atoms with van der Waals surface area (Å²) in [5.41, 5.74) is 2.45. The van der Waals surface area contributed by atoms with Gasteiger partial charge in [0.25, 0.3) is 5.91 Å². The number of hydrogen-bond acceptors (Lipinski definition) is 4. The number of amides is 4. The predicted molar refractivity (Wildman–Crippen MR) is 127 cm³/mol. The highest BCUT2D eigenvalue weighted by Gasteiger charge is 2.46. The molecule has 2 aromatic carbocycles. The van der Waals surface area contributed by atoms with Gasteiger partial charge in [0.15, 0.2) is 0 Å². The van der Waals surface area contributed by atoms with E-state index in [1.165, 1.54) is 16.9 Å². The molecular weight excluding hydrogens is 418 g/mol. The van der Waals surface area contributed by atoms with Crippen LogP contribution in [0, 0.1) is 0 Å².